The summed E-state index contributed by atoms with van der Waals surface area (Å²) >= 11 is 3.26. The smallest absolute Gasteiger partial charge is 0.170 e. The quantitative estimate of drug-likeness (QED) is 0.637. The van der Waals surface area contributed by atoms with E-state index in [1.54, 1.807) is 24.3 Å². The molecule has 1 aromatic carbocycles. The second-order valence-corrected chi connectivity index (χ2v) is 3.77. The fourth-order valence-corrected chi connectivity index (χ4v) is 1.09. The van der Waals surface area contributed by atoms with E-state index in [1.807, 2.05) is 5.92 Å². The van der Waals surface area contributed by atoms with E-state index in [1.165, 1.54) is 0 Å². The molecule has 0 saturated heterocycles. The Labute approximate surface area is 100.0 Å². The van der Waals surface area contributed by atoms with E-state index >= 15 is 0 Å². The SMILES string of the molecule is FC(F)(F)CC#CC#Cc1ccc(Br)cc1. The summed E-state index contributed by atoms with van der Waals surface area (Å²) in [5.41, 5.74) is 0.713. The maximum Gasteiger partial charge on any atom is 0.399 e. The van der Waals surface area contributed by atoms with Crippen LogP contribution in [-0.2, 0) is 0 Å². The van der Waals surface area contributed by atoms with Crippen LogP contribution in [0.25, 0.3) is 0 Å². The van der Waals surface area contributed by atoms with Crippen molar-refractivity contribution in [1.82, 2.24) is 0 Å². The molecule has 0 aliphatic carbocycles. The van der Waals surface area contributed by atoms with Crippen LogP contribution in [0.2, 0.25) is 0 Å². The Morgan fingerprint density at radius 2 is 1.69 bits per heavy atom. The van der Waals surface area contributed by atoms with Crippen LogP contribution in [0.4, 0.5) is 13.2 Å². The van der Waals surface area contributed by atoms with E-state index < -0.39 is 12.6 Å². The van der Waals surface area contributed by atoms with Gasteiger partial charge in [-0.1, -0.05) is 27.8 Å². The highest BCUT2D eigenvalue weighted by Gasteiger charge is 2.25. The monoisotopic (exact) mass is 286 g/mol. The minimum absolute atomic E-state index is 0.713. The van der Waals surface area contributed by atoms with Gasteiger partial charge in [-0.25, -0.2) is 0 Å². The summed E-state index contributed by atoms with van der Waals surface area (Å²) in [5, 5.41) is 0. The van der Waals surface area contributed by atoms with Gasteiger partial charge in [-0.3, -0.25) is 0 Å². The van der Waals surface area contributed by atoms with E-state index in [4.69, 9.17) is 0 Å². The summed E-state index contributed by atoms with van der Waals surface area (Å²) in [5.74, 6) is 9.12. The lowest BCUT2D eigenvalue weighted by atomic mass is 10.2. The first kappa shape index (κ1) is 12.7. The molecule has 0 aliphatic heterocycles. The first-order chi connectivity index (χ1) is 7.47. The van der Waals surface area contributed by atoms with Crippen LogP contribution in [0.3, 0.4) is 0 Å². The fraction of sp³-hybridized carbons (Fsp3) is 0.167. The first-order valence-electron chi connectivity index (χ1n) is 4.28. The zero-order chi connectivity index (χ0) is 12.0. The molecule has 0 nitrogen and oxygen atoms in total. The van der Waals surface area contributed by atoms with Gasteiger partial charge >= 0.3 is 6.18 Å². The average Bonchev–Trinajstić information content (AvgIpc) is 2.19. The van der Waals surface area contributed by atoms with E-state index in [0.29, 0.717) is 5.56 Å². The maximum atomic E-state index is 11.7. The third-order valence-corrected chi connectivity index (χ3v) is 2.02. The van der Waals surface area contributed by atoms with Crippen molar-refractivity contribution in [3.8, 4) is 23.7 Å². The summed E-state index contributed by atoms with van der Waals surface area (Å²) in [6, 6.07) is 7.10. The van der Waals surface area contributed by atoms with Gasteiger partial charge < -0.3 is 0 Å². The number of rotatable bonds is 0. The van der Waals surface area contributed by atoms with Gasteiger partial charge in [0.05, 0.1) is 0 Å². The first-order valence-corrected chi connectivity index (χ1v) is 5.08. The molecule has 82 valence electrons. The lowest BCUT2D eigenvalue weighted by Crippen LogP contribution is -2.04. The van der Waals surface area contributed by atoms with E-state index in [2.05, 4.69) is 33.7 Å². The summed E-state index contributed by atoms with van der Waals surface area (Å²) in [4.78, 5) is 0. The summed E-state index contributed by atoms with van der Waals surface area (Å²) in [6.07, 6.45) is -5.37. The summed E-state index contributed by atoms with van der Waals surface area (Å²) in [6.45, 7) is 0. The molecule has 16 heavy (non-hydrogen) atoms. The molecule has 4 heteroatoms. The zero-order valence-corrected chi connectivity index (χ0v) is 9.61. The van der Waals surface area contributed by atoms with Crippen molar-refractivity contribution in [2.45, 2.75) is 12.6 Å². The summed E-state index contributed by atoms with van der Waals surface area (Å²) < 4.78 is 36.0. The molecule has 0 amide bonds. The van der Waals surface area contributed by atoms with Crippen LogP contribution in [0.5, 0.6) is 0 Å². The van der Waals surface area contributed by atoms with E-state index in [0.717, 1.165) is 4.47 Å². The van der Waals surface area contributed by atoms with E-state index in [-0.39, 0.29) is 0 Å². The van der Waals surface area contributed by atoms with Gasteiger partial charge in [-0.2, -0.15) is 13.2 Å². The molecule has 0 aliphatic rings. The molecule has 0 spiro atoms. The minimum Gasteiger partial charge on any atom is -0.170 e. The molecule has 0 unspecified atom stereocenters. The van der Waals surface area contributed by atoms with Crippen LogP contribution in [0, 0.1) is 23.7 Å². The van der Waals surface area contributed by atoms with Crippen LogP contribution < -0.4 is 0 Å². The van der Waals surface area contributed by atoms with E-state index in [9.17, 15) is 13.2 Å². The van der Waals surface area contributed by atoms with Crippen LogP contribution in [0.15, 0.2) is 28.7 Å². The molecule has 0 radical (unpaired) electrons. The molecule has 1 aromatic rings. The number of halogens is 4. The van der Waals surface area contributed by atoms with Gasteiger partial charge in [-0.15, -0.1) is 0 Å². The Bertz CT molecular complexity index is 463. The molecule has 0 fully saturated rings. The van der Waals surface area contributed by atoms with Crippen LogP contribution in [0.1, 0.15) is 12.0 Å². The van der Waals surface area contributed by atoms with Gasteiger partial charge in [0.25, 0.3) is 0 Å². The highest BCUT2D eigenvalue weighted by molar-refractivity contribution is 9.10. The standard InChI is InChI=1S/C12H6BrF3/c13-11-7-5-10(6-8-11)4-2-1-3-9-12(14,15)16/h5-8H,9H2. The third kappa shape index (κ3) is 5.48. The minimum atomic E-state index is -4.24. The maximum absolute atomic E-state index is 11.7. The highest BCUT2D eigenvalue weighted by atomic mass is 79.9. The van der Waals surface area contributed by atoms with Crippen LogP contribution in [-0.4, -0.2) is 6.18 Å². The molecular weight excluding hydrogens is 281 g/mol. The number of hydrogen-bond donors (Lipinski definition) is 0. The molecule has 1 rings (SSSR count). The molecular formula is C12H6BrF3. The number of benzene rings is 1. The Balaban J connectivity index is 2.59. The van der Waals surface area contributed by atoms with Gasteiger partial charge in [-0.05, 0) is 36.1 Å². The second kappa shape index (κ2) is 5.63. The van der Waals surface area contributed by atoms with Gasteiger partial charge in [0.15, 0.2) is 0 Å². The largest absolute Gasteiger partial charge is 0.399 e. The predicted molar refractivity (Wildman–Crippen MR) is 59.5 cm³/mol. The Morgan fingerprint density at radius 3 is 2.25 bits per heavy atom. The topological polar surface area (TPSA) is 0 Å². The Kier molecular flexibility index (Phi) is 4.46. The Morgan fingerprint density at radius 1 is 1.06 bits per heavy atom. The van der Waals surface area contributed by atoms with Crippen molar-refractivity contribution in [2.24, 2.45) is 0 Å². The van der Waals surface area contributed by atoms with Gasteiger partial charge in [0, 0.05) is 10.0 Å². The van der Waals surface area contributed by atoms with Crippen molar-refractivity contribution in [2.75, 3.05) is 0 Å². The molecule has 0 N–H and O–H groups in total. The predicted octanol–water partition coefficient (Wildman–Crippen LogP) is 3.76. The lowest BCUT2D eigenvalue weighted by molar-refractivity contribution is -0.123. The zero-order valence-electron chi connectivity index (χ0n) is 8.03. The highest BCUT2D eigenvalue weighted by Crippen LogP contribution is 2.17. The molecule has 0 saturated carbocycles. The third-order valence-electron chi connectivity index (χ3n) is 1.49. The van der Waals surface area contributed by atoms with Crippen molar-refractivity contribution in [3.05, 3.63) is 34.3 Å². The average molecular weight is 287 g/mol. The van der Waals surface area contributed by atoms with Crippen molar-refractivity contribution in [1.29, 1.82) is 0 Å². The normalized spacial score (nSPS) is 9.75. The molecule has 0 atom stereocenters. The summed E-state index contributed by atoms with van der Waals surface area (Å²) in [7, 11) is 0. The Hall–Kier alpha value is -1.39. The van der Waals surface area contributed by atoms with Crippen molar-refractivity contribution in [3.63, 3.8) is 0 Å². The van der Waals surface area contributed by atoms with Crippen LogP contribution >= 0.6 is 15.9 Å². The fourth-order valence-electron chi connectivity index (χ4n) is 0.825. The number of hydrogen-bond acceptors (Lipinski definition) is 0. The molecule has 0 heterocycles. The number of alkyl halides is 3. The van der Waals surface area contributed by atoms with Crippen molar-refractivity contribution < 1.29 is 13.2 Å². The molecule has 0 bridgehead atoms. The molecule has 0 aromatic heterocycles. The van der Waals surface area contributed by atoms with Gasteiger partial charge in [0.1, 0.15) is 6.42 Å². The second-order valence-electron chi connectivity index (χ2n) is 2.85. The van der Waals surface area contributed by atoms with Gasteiger partial charge in [0.2, 0.25) is 0 Å². The van der Waals surface area contributed by atoms with Crippen molar-refractivity contribution >= 4 is 15.9 Å². The lowest BCUT2D eigenvalue weighted by Gasteiger charge is -1.96.